The van der Waals surface area contributed by atoms with Crippen LogP contribution in [0.1, 0.15) is 25.7 Å². The van der Waals surface area contributed by atoms with Gasteiger partial charge in [0.15, 0.2) is 0 Å². The molecule has 3 nitrogen and oxygen atoms in total. The van der Waals surface area contributed by atoms with Crippen LogP contribution in [0.5, 0.6) is 0 Å². The monoisotopic (exact) mass is 231 g/mol. The van der Waals surface area contributed by atoms with Crippen molar-refractivity contribution in [2.45, 2.75) is 31.7 Å². The molecule has 1 aliphatic carbocycles. The molecule has 86 valence electrons. The fourth-order valence-electron chi connectivity index (χ4n) is 2.64. The average molecular weight is 232 g/mol. The first-order valence-corrected chi connectivity index (χ1v) is 6.16. The highest BCUT2D eigenvalue weighted by Crippen LogP contribution is 2.29. The summed E-state index contributed by atoms with van der Waals surface area (Å²) >= 11 is 5.58. The fourth-order valence-corrected chi connectivity index (χ4v) is 2.84. The van der Waals surface area contributed by atoms with Crippen molar-refractivity contribution in [1.29, 1.82) is 0 Å². The predicted molar refractivity (Wildman–Crippen MR) is 59.0 cm³/mol. The third kappa shape index (κ3) is 2.92. The Labute approximate surface area is 95.7 Å². The lowest BCUT2D eigenvalue weighted by Crippen LogP contribution is -2.46. The number of hydrogen-bond donors (Lipinski definition) is 0. The van der Waals surface area contributed by atoms with Crippen molar-refractivity contribution < 1.29 is 9.53 Å². The average Bonchev–Trinajstić information content (AvgIpc) is 2.30. The third-order valence-electron chi connectivity index (χ3n) is 3.53. The number of hydrogen-bond acceptors (Lipinski definition) is 3. The molecule has 0 amide bonds. The number of carbonyl (C=O) groups excluding carboxylic acids is 1. The summed E-state index contributed by atoms with van der Waals surface area (Å²) < 4.78 is 5.33. The summed E-state index contributed by atoms with van der Waals surface area (Å²) in [6, 6.07) is 0.551. The minimum atomic E-state index is -0.145. The van der Waals surface area contributed by atoms with Gasteiger partial charge in [0.2, 0.25) is 5.24 Å². The third-order valence-corrected chi connectivity index (χ3v) is 3.84. The molecular weight excluding hydrogens is 214 g/mol. The van der Waals surface area contributed by atoms with Crippen LogP contribution in [-0.2, 0) is 9.53 Å². The molecule has 0 bridgehead atoms. The molecule has 0 aromatic carbocycles. The number of morpholine rings is 1. The molecule has 1 saturated carbocycles. The predicted octanol–water partition coefficient (Wildman–Crippen LogP) is 1.64. The van der Waals surface area contributed by atoms with E-state index in [4.69, 9.17) is 16.3 Å². The standard InChI is InChI=1S/C11H18ClNO2/c12-11(14)9-2-1-3-10(8-9)13-4-6-15-7-5-13/h9-10H,1-8H2. The second kappa shape index (κ2) is 5.28. The van der Waals surface area contributed by atoms with Crippen LogP contribution in [0.2, 0.25) is 0 Å². The van der Waals surface area contributed by atoms with Crippen LogP contribution < -0.4 is 0 Å². The van der Waals surface area contributed by atoms with E-state index in [9.17, 15) is 4.79 Å². The van der Waals surface area contributed by atoms with Crippen molar-refractivity contribution in [3.8, 4) is 0 Å². The molecule has 2 rings (SSSR count). The first-order valence-electron chi connectivity index (χ1n) is 5.78. The quantitative estimate of drug-likeness (QED) is 0.677. The molecular formula is C11H18ClNO2. The van der Waals surface area contributed by atoms with E-state index in [0.717, 1.165) is 45.6 Å². The molecule has 2 atom stereocenters. The Morgan fingerprint density at radius 3 is 2.67 bits per heavy atom. The number of nitrogens with zero attached hydrogens (tertiary/aromatic N) is 1. The van der Waals surface area contributed by atoms with E-state index in [0.29, 0.717) is 6.04 Å². The van der Waals surface area contributed by atoms with Crippen molar-refractivity contribution in [2.75, 3.05) is 26.3 Å². The Morgan fingerprint density at radius 2 is 2.00 bits per heavy atom. The molecule has 0 radical (unpaired) electrons. The van der Waals surface area contributed by atoms with Gasteiger partial charge >= 0.3 is 0 Å². The van der Waals surface area contributed by atoms with Gasteiger partial charge < -0.3 is 4.74 Å². The first kappa shape index (κ1) is 11.4. The van der Waals surface area contributed by atoms with E-state index in [1.54, 1.807) is 0 Å². The molecule has 0 aromatic heterocycles. The summed E-state index contributed by atoms with van der Waals surface area (Å²) in [7, 11) is 0. The molecule has 15 heavy (non-hydrogen) atoms. The maximum absolute atomic E-state index is 11.1. The highest BCUT2D eigenvalue weighted by molar-refractivity contribution is 6.63. The van der Waals surface area contributed by atoms with E-state index in [1.165, 1.54) is 6.42 Å². The summed E-state index contributed by atoms with van der Waals surface area (Å²) in [6.07, 6.45) is 4.26. The molecule has 0 aromatic rings. The second-order valence-electron chi connectivity index (χ2n) is 4.47. The number of halogens is 1. The van der Waals surface area contributed by atoms with Crippen LogP contribution >= 0.6 is 11.6 Å². The zero-order valence-electron chi connectivity index (χ0n) is 8.95. The maximum atomic E-state index is 11.1. The lowest BCUT2D eigenvalue weighted by Gasteiger charge is -2.38. The van der Waals surface area contributed by atoms with Crippen molar-refractivity contribution in [3.63, 3.8) is 0 Å². The number of ether oxygens (including phenoxy) is 1. The summed E-state index contributed by atoms with van der Waals surface area (Å²) in [5.74, 6) is 0.0910. The molecule has 0 spiro atoms. The molecule has 2 fully saturated rings. The van der Waals surface area contributed by atoms with Crippen LogP contribution in [0, 0.1) is 5.92 Å². The Hall–Kier alpha value is -0.120. The van der Waals surface area contributed by atoms with Crippen molar-refractivity contribution in [1.82, 2.24) is 4.90 Å². The maximum Gasteiger partial charge on any atom is 0.224 e. The molecule has 1 saturated heterocycles. The van der Waals surface area contributed by atoms with Crippen LogP contribution in [0.25, 0.3) is 0 Å². The normalized spacial score (nSPS) is 33.9. The smallest absolute Gasteiger partial charge is 0.224 e. The van der Waals surface area contributed by atoms with E-state index >= 15 is 0 Å². The molecule has 2 unspecified atom stereocenters. The Bertz CT molecular complexity index is 229. The summed E-state index contributed by atoms with van der Waals surface area (Å²) in [5, 5.41) is -0.145. The largest absolute Gasteiger partial charge is 0.379 e. The van der Waals surface area contributed by atoms with Crippen LogP contribution in [0.15, 0.2) is 0 Å². The lowest BCUT2D eigenvalue weighted by molar-refractivity contribution is -0.116. The minimum Gasteiger partial charge on any atom is -0.379 e. The molecule has 1 aliphatic heterocycles. The molecule has 0 N–H and O–H groups in total. The Balaban J connectivity index is 1.88. The Morgan fingerprint density at radius 1 is 1.27 bits per heavy atom. The van der Waals surface area contributed by atoms with E-state index < -0.39 is 0 Å². The van der Waals surface area contributed by atoms with E-state index in [1.807, 2.05) is 0 Å². The van der Waals surface area contributed by atoms with Gasteiger partial charge in [-0.25, -0.2) is 0 Å². The fraction of sp³-hybridized carbons (Fsp3) is 0.909. The zero-order valence-corrected chi connectivity index (χ0v) is 9.71. The van der Waals surface area contributed by atoms with Crippen molar-refractivity contribution >= 4 is 16.8 Å². The summed E-state index contributed by atoms with van der Waals surface area (Å²) in [4.78, 5) is 13.6. The number of carbonyl (C=O) groups is 1. The van der Waals surface area contributed by atoms with Gasteiger partial charge in [-0.3, -0.25) is 9.69 Å². The van der Waals surface area contributed by atoms with Gasteiger partial charge in [-0.2, -0.15) is 0 Å². The van der Waals surface area contributed by atoms with Gasteiger partial charge in [0, 0.05) is 25.0 Å². The molecule has 4 heteroatoms. The molecule has 1 heterocycles. The molecule has 2 aliphatic rings. The number of rotatable bonds is 2. The highest BCUT2D eigenvalue weighted by atomic mass is 35.5. The van der Waals surface area contributed by atoms with Gasteiger partial charge in [0.05, 0.1) is 13.2 Å². The van der Waals surface area contributed by atoms with Gasteiger partial charge in [-0.05, 0) is 30.9 Å². The van der Waals surface area contributed by atoms with Crippen LogP contribution in [0.4, 0.5) is 0 Å². The topological polar surface area (TPSA) is 29.5 Å². The van der Waals surface area contributed by atoms with Crippen molar-refractivity contribution in [2.24, 2.45) is 5.92 Å². The van der Waals surface area contributed by atoms with Crippen LogP contribution in [0.3, 0.4) is 0 Å². The zero-order chi connectivity index (χ0) is 10.7. The Kier molecular flexibility index (Phi) is 4.00. The summed E-state index contributed by atoms with van der Waals surface area (Å²) in [6.45, 7) is 3.67. The van der Waals surface area contributed by atoms with E-state index in [-0.39, 0.29) is 11.2 Å². The second-order valence-corrected chi connectivity index (χ2v) is 4.84. The van der Waals surface area contributed by atoms with Gasteiger partial charge in [0.1, 0.15) is 0 Å². The SMILES string of the molecule is O=C(Cl)C1CCCC(N2CCOCC2)C1. The highest BCUT2D eigenvalue weighted by Gasteiger charge is 2.30. The van der Waals surface area contributed by atoms with Gasteiger partial charge in [0.25, 0.3) is 0 Å². The van der Waals surface area contributed by atoms with Crippen LogP contribution in [-0.4, -0.2) is 42.5 Å². The van der Waals surface area contributed by atoms with E-state index in [2.05, 4.69) is 4.90 Å². The van der Waals surface area contributed by atoms with Crippen molar-refractivity contribution in [3.05, 3.63) is 0 Å². The summed E-state index contributed by atoms with van der Waals surface area (Å²) in [5.41, 5.74) is 0. The van der Waals surface area contributed by atoms with Gasteiger partial charge in [-0.15, -0.1) is 0 Å². The minimum absolute atomic E-state index is 0.0910. The van der Waals surface area contributed by atoms with Gasteiger partial charge in [-0.1, -0.05) is 6.42 Å². The lowest BCUT2D eigenvalue weighted by atomic mass is 9.85. The first-order chi connectivity index (χ1) is 7.27.